The maximum atomic E-state index is 12.9. The van der Waals surface area contributed by atoms with Crippen molar-refractivity contribution in [3.05, 3.63) is 83.7 Å². The minimum atomic E-state index is -0.599. The van der Waals surface area contributed by atoms with E-state index < -0.39 is 11.8 Å². The molecule has 2 aromatic carbocycles. The Morgan fingerprint density at radius 1 is 0.885 bits per heavy atom. The molecule has 0 aliphatic rings. The molecular weight excluding hydrogens is 342 g/mol. The van der Waals surface area contributed by atoms with E-state index in [0.717, 1.165) is 0 Å². The molecule has 2 amide bonds. The van der Waals surface area contributed by atoms with Gasteiger partial charge in [0, 0.05) is 6.20 Å². The summed E-state index contributed by atoms with van der Waals surface area (Å²) in [4.78, 5) is 23.8. The molecule has 0 spiro atoms. The van der Waals surface area contributed by atoms with E-state index >= 15 is 0 Å². The summed E-state index contributed by atoms with van der Waals surface area (Å²) in [5.74, 6) is -1.82. The summed E-state index contributed by atoms with van der Waals surface area (Å²) in [6, 6.07) is 12.6. The molecule has 26 heavy (non-hydrogen) atoms. The van der Waals surface area contributed by atoms with Crippen molar-refractivity contribution in [2.24, 2.45) is 0 Å². The highest BCUT2D eigenvalue weighted by atomic mass is 19.1. The number of amides is 2. The summed E-state index contributed by atoms with van der Waals surface area (Å²) < 4.78 is 27.2. The van der Waals surface area contributed by atoms with Gasteiger partial charge >= 0.3 is 0 Å². The zero-order valence-electron chi connectivity index (χ0n) is 13.4. The Balaban J connectivity index is 1.55. The van der Waals surface area contributed by atoms with E-state index in [0.29, 0.717) is 11.3 Å². The van der Waals surface area contributed by atoms with E-state index in [2.05, 4.69) is 16.0 Å². The fraction of sp³-hybridized carbons (Fsp3) is 0.0556. The molecule has 0 aliphatic heterocycles. The molecule has 3 rings (SSSR count). The quantitative estimate of drug-likeness (QED) is 0.704. The third-order valence-corrected chi connectivity index (χ3v) is 3.51. The van der Waals surface area contributed by atoms with Crippen LogP contribution >= 0.6 is 0 Å². The lowest BCUT2D eigenvalue weighted by atomic mass is 10.1. The van der Waals surface area contributed by atoms with Gasteiger partial charge in [0.2, 0.25) is 5.91 Å². The summed E-state index contributed by atoms with van der Waals surface area (Å²) in [6.45, 7) is 0. The van der Waals surface area contributed by atoms with Crippen LogP contribution in [-0.2, 0) is 11.2 Å². The first kappa shape index (κ1) is 17.3. The molecule has 1 heterocycles. The predicted molar refractivity (Wildman–Crippen MR) is 89.2 cm³/mol. The van der Waals surface area contributed by atoms with Crippen LogP contribution in [0.3, 0.4) is 0 Å². The van der Waals surface area contributed by atoms with Crippen molar-refractivity contribution in [3.8, 4) is 5.69 Å². The molecular formula is C18H14F2N4O2. The average molecular weight is 356 g/mol. The van der Waals surface area contributed by atoms with Crippen molar-refractivity contribution in [2.75, 3.05) is 0 Å². The van der Waals surface area contributed by atoms with Gasteiger partial charge in [-0.15, -0.1) is 0 Å². The van der Waals surface area contributed by atoms with E-state index in [9.17, 15) is 18.4 Å². The van der Waals surface area contributed by atoms with Crippen LogP contribution in [0.4, 0.5) is 8.78 Å². The number of rotatable bonds is 4. The van der Waals surface area contributed by atoms with Gasteiger partial charge in [-0.05, 0) is 48.0 Å². The van der Waals surface area contributed by atoms with Gasteiger partial charge in [0.25, 0.3) is 5.91 Å². The van der Waals surface area contributed by atoms with Crippen LogP contribution in [0.15, 0.2) is 60.8 Å². The number of hydrazine groups is 1. The molecule has 0 unspecified atom stereocenters. The lowest BCUT2D eigenvalue weighted by Gasteiger charge is -2.06. The summed E-state index contributed by atoms with van der Waals surface area (Å²) in [7, 11) is 0. The maximum Gasteiger partial charge on any atom is 0.290 e. The molecule has 6 nitrogen and oxygen atoms in total. The second-order valence-electron chi connectivity index (χ2n) is 5.43. The number of carbonyl (C=O) groups excluding carboxylic acids is 2. The van der Waals surface area contributed by atoms with Gasteiger partial charge in [-0.3, -0.25) is 20.4 Å². The van der Waals surface area contributed by atoms with Gasteiger partial charge in [0.1, 0.15) is 11.6 Å². The van der Waals surface area contributed by atoms with Gasteiger partial charge in [-0.25, -0.2) is 13.5 Å². The van der Waals surface area contributed by atoms with E-state index in [1.54, 1.807) is 6.20 Å². The number of halogens is 2. The Morgan fingerprint density at radius 2 is 1.50 bits per heavy atom. The highest BCUT2D eigenvalue weighted by molar-refractivity contribution is 5.93. The third kappa shape index (κ3) is 4.29. The van der Waals surface area contributed by atoms with Crippen molar-refractivity contribution in [3.63, 3.8) is 0 Å². The summed E-state index contributed by atoms with van der Waals surface area (Å²) in [5, 5.41) is 4.07. The van der Waals surface area contributed by atoms with Crippen LogP contribution in [-0.4, -0.2) is 21.6 Å². The monoisotopic (exact) mass is 356 g/mol. The standard InChI is InChI=1S/C18H14F2N4O2/c19-13-3-1-12(2-4-13)11-17(25)21-22-18(26)16-9-10-24(23-16)15-7-5-14(20)6-8-15/h1-10H,11H2,(H,21,25)(H,22,26). The highest BCUT2D eigenvalue weighted by Gasteiger charge is 2.12. The normalized spacial score (nSPS) is 10.4. The van der Waals surface area contributed by atoms with E-state index in [4.69, 9.17) is 0 Å². The zero-order chi connectivity index (χ0) is 18.5. The minimum Gasteiger partial charge on any atom is -0.273 e. The van der Waals surface area contributed by atoms with Gasteiger partial charge in [-0.2, -0.15) is 5.10 Å². The van der Waals surface area contributed by atoms with Crippen LogP contribution in [0.1, 0.15) is 16.1 Å². The fourth-order valence-electron chi connectivity index (χ4n) is 2.21. The second kappa shape index (κ2) is 7.56. The number of benzene rings is 2. The van der Waals surface area contributed by atoms with Crippen molar-refractivity contribution < 1.29 is 18.4 Å². The SMILES string of the molecule is O=C(Cc1ccc(F)cc1)NNC(=O)c1ccn(-c2ccc(F)cc2)n1. The molecule has 1 aromatic heterocycles. The number of nitrogens with zero attached hydrogens (tertiary/aromatic N) is 2. The smallest absolute Gasteiger partial charge is 0.273 e. The first-order chi connectivity index (χ1) is 12.5. The van der Waals surface area contributed by atoms with Gasteiger partial charge in [-0.1, -0.05) is 12.1 Å². The summed E-state index contributed by atoms with van der Waals surface area (Å²) in [5.41, 5.74) is 5.80. The number of nitrogens with one attached hydrogen (secondary N) is 2. The molecule has 0 fully saturated rings. The largest absolute Gasteiger partial charge is 0.290 e. The number of hydrogen-bond donors (Lipinski definition) is 2. The van der Waals surface area contributed by atoms with E-state index in [1.807, 2.05) is 0 Å². The highest BCUT2D eigenvalue weighted by Crippen LogP contribution is 2.09. The molecule has 2 N–H and O–H groups in total. The van der Waals surface area contributed by atoms with Crippen molar-refractivity contribution in [1.82, 2.24) is 20.6 Å². The van der Waals surface area contributed by atoms with Gasteiger partial charge in [0.15, 0.2) is 5.69 Å². The van der Waals surface area contributed by atoms with Crippen LogP contribution in [0.2, 0.25) is 0 Å². The van der Waals surface area contributed by atoms with Crippen LogP contribution in [0.25, 0.3) is 5.69 Å². The number of aromatic nitrogens is 2. The first-order valence-corrected chi connectivity index (χ1v) is 7.66. The Morgan fingerprint density at radius 3 is 2.15 bits per heavy atom. The maximum absolute atomic E-state index is 12.9. The fourth-order valence-corrected chi connectivity index (χ4v) is 2.21. The van der Waals surface area contributed by atoms with Crippen LogP contribution in [0, 0.1) is 11.6 Å². The Bertz CT molecular complexity index is 921. The lowest BCUT2D eigenvalue weighted by molar-refractivity contribution is -0.121. The van der Waals surface area contributed by atoms with Gasteiger partial charge in [0.05, 0.1) is 12.1 Å². The molecule has 0 saturated heterocycles. The zero-order valence-corrected chi connectivity index (χ0v) is 13.4. The Hall–Kier alpha value is -3.55. The van der Waals surface area contributed by atoms with Crippen molar-refractivity contribution in [2.45, 2.75) is 6.42 Å². The predicted octanol–water partition coefficient (Wildman–Crippen LogP) is 2.15. The molecule has 0 aliphatic carbocycles. The summed E-state index contributed by atoms with van der Waals surface area (Å²) in [6.07, 6.45) is 1.53. The number of hydrogen-bond acceptors (Lipinski definition) is 3. The van der Waals surface area contributed by atoms with Gasteiger partial charge < -0.3 is 0 Å². The topological polar surface area (TPSA) is 76.0 Å². The molecule has 0 atom stereocenters. The molecule has 8 heteroatoms. The Kier molecular flexibility index (Phi) is 5.02. The molecule has 0 saturated carbocycles. The molecule has 3 aromatic rings. The van der Waals surface area contributed by atoms with E-state index in [-0.39, 0.29) is 23.7 Å². The first-order valence-electron chi connectivity index (χ1n) is 7.66. The molecule has 132 valence electrons. The van der Waals surface area contributed by atoms with E-state index in [1.165, 1.54) is 59.3 Å². The summed E-state index contributed by atoms with van der Waals surface area (Å²) >= 11 is 0. The third-order valence-electron chi connectivity index (χ3n) is 3.51. The van der Waals surface area contributed by atoms with Crippen LogP contribution in [0.5, 0.6) is 0 Å². The minimum absolute atomic E-state index is 0.00935. The lowest BCUT2D eigenvalue weighted by Crippen LogP contribution is -2.42. The molecule has 0 bridgehead atoms. The molecule has 0 radical (unpaired) electrons. The number of carbonyl (C=O) groups is 2. The average Bonchev–Trinajstić information content (AvgIpc) is 3.12. The van der Waals surface area contributed by atoms with Crippen LogP contribution < -0.4 is 10.9 Å². The Labute approximate surface area is 147 Å². The van der Waals surface area contributed by atoms with Crippen molar-refractivity contribution in [1.29, 1.82) is 0 Å². The second-order valence-corrected chi connectivity index (χ2v) is 5.43. The van der Waals surface area contributed by atoms with Crippen molar-refractivity contribution >= 4 is 11.8 Å².